The summed E-state index contributed by atoms with van der Waals surface area (Å²) in [5, 5.41) is 0. The summed E-state index contributed by atoms with van der Waals surface area (Å²) in [5.74, 6) is 0.619. The summed E-state index contributed by atoms with van der Waals surface area (Å²) in [4.78, 5) is 2.44. The number of rotatable bonds is 2. The third-order valence-corrected chi connectivity index (χ3v) is 4.24. The summed E-state index contributed by atoms with van der Waals surface area (Å²) in [5.41, 5.74) is 8.67. The van der Waals surface area contributed by atoms with Crippen molar-refractivity contribution in [1.82, 2.24) is 4.90 Å². The van der Waals surface area contributed by atoms with Crippen molar-refractivity contribution in [3.63, 3.8) is 0 Å². The van der Waals surface area contributed by atoms with Crippen LogP contribution in [-0.2, 0) is 6.54 Å². The monoisotopic (exact) mass is 282 g/mol. The van der Waals surface area contributed by atoms with E-state index < -0.39 is 0 Å². The van der Waals surface area contributed by atoms with Crippen molar-refractivity contribution in [2.45, 2.75) is 26.4 Å². The maximum absolute atomic E-state index is 6.03. The Labute approximate surface area is 106 Å². The Morgan fingerprint density at radius 2 is 2.19 bits per heavy atom. The zero-order chi connectivity index (χ0) is 11.7. The van der Waals surface area contributed by atoms with Gasteiger partial charge in [0.2, 0.25) is 0 Å². The molecule has 2 atom stereocenters. The number of nitrogens with zero attached hydrogens (tertiary/aromatic N) is 1. The van der Waals surface area contributed by atoms with Gasteiger partial charge in [0.15, 0.2) is 0 Å². The highest BCUT2D eigenvalue weighted by molar-refractivity contribution is 9.10. The molecule has 88 valence electrons. The summed E-state index contributed by atoms with van der Waals surface area (Å²) in [7, 11) is 0. The van der Waals surface area contributed by atoms with E-state index in [2.05, 4.69) is 52.9 Å². The number of halogens is 1. The first kappa shape index (κ1) is 12.1. The number of aryl methyl sites for hydroxylation is 1. The summed E-state index contributed by atoms with van der Waals surface area (Å²) in [6.07, 6.45) is 0. The molecule has 1 aromatic rings. The van der Waals surface area contributed by atoms with Gasteiger partial charge < -0.3 is 5.73 Å². The topological polar surface area (TPSA) is 29.3 Å². The van der Waals surface area contributed by atoms with E-state index in [0.717, 1.165) is 19.6 Å². The highest BCUT2D eigenvalue weighted by Gasteiger charge is 2.26. The zero-order valence-electron chi connectivity index (χ0n) is 9.91. The van der Waals surface area contributed by atoms with Gasteiger partial charge in [0.1, 0.15) is 0 Å². The molecule has 0 amide bonds. The molecule has 2 unspecified atom stereocenters. The van der Waals surface area contributed by atoms with Gasteiger partial charge in [-0.05, 0) is 30.0 Å². The predicted octanol–water partition coefficient (Wildman–Crippen LogP) is 2.54. The molecule has 0 aromatic heterocycles. The van der Waals surface area contributed by atoms with Gasteiger partial charge in [-0.3, -0.25) is 4.90 Å². The molecule has 16 heavy (non-hydrogen) atoms. The summed E-state index contributed by atoms with van der Waals surface area (Å²) in [6, 6.07) is 6.92. The number of nitrogens with two attached hydrogens (primary N) is 1. The second-order valence-electron chi connectivity index (χ2n) is 4.92. The van der Waals surface area contributed by atoms with Gasteiger partial charge in [0.05, 0.1) is 0 Å². The lowest BCUT2D eigenvalue weighted by Crippen LogP contribution is -2.28. The third-order valence-electron chi connectivity index (χ3n) is 3.39. The maximum Gasteiger partial charge on any atom is 0.0234 e. The molecule has 0 spiro atoms. The van der Waals surface area contributed by atoms with Crippen LogP contribution in [0.3, 0.4) is 0 Å². The SMILES string of the molecule is Cc1ccc(CN2CC(C)C(N)C2)cc1Br. The lowest BCUT2D eigenvalue weighted by Gasteiger charge is -2.15. The van der Waals surface area contributed by atoms with E-state index in [-0.39, 0.29) is 0 Å². The molecule has 1 aliphatic heterocycles. The van der Waals surface area contributed by atoms with Crippen LogP contribution in [0.2, 0.25) is 0 Å². The smallest absolute Gasteiger partial charge is 0.0234 e. The molecule has 0 saturated carbocycles. The Kier molecular flexibility index (Phi) is 3.67. The summed E-state index contributed by atoms with van der Waals surface area (Å²) < 4.78 is 1.20. The minimum atomic E-state index is 0.342. The van der Waals surface area contributed by atoms with E-state index in [4.69, 9.17) is 5.73 Å². The number of benzene rings is 1. The van der Waals surface area contributed by atoms with Gasteiger partial charge in [0, 0.05) is 30.1 Å². The first-order chi connectivity index (χ1) is 7.56. The van der Waals surface area contributed by atoms with Crippen LogP contribution in [0.4, 0.5) is 0 Å². The van der Waals surface area contributed by atoms with Crippen LogP contribution in [0.25, 0.3) is 0 Å². The van der Waals surface area contributed by atoms with Crippen LogP contribution >= 0.6 is 15.9 Å². The van der Waals surface area contributed by atoms with Crippen molar-refractivity contribution in [1.29, 1.82) is 0 Å². The summed E-state index contributed by atoms with van der Waals surface area (Å²) >= 11 is 3.58. The van der Waals surface area contributed by atoms with Crippen LogP contribution in [0.5, 0.6) is 0 Å². The number of hydrogen-bond acceptors (Lipinski definition) is 2. The average Bonchev–Trinajstić information content (AvgIpc) is 2.52. The van der Waals surface area contributed by atoms with E-state index in [1.165, 1.54) is 15.6 Å². The van der Waals surface area contributed by atoms with Crippen molar-refractivity contribution in [3.05, 3.63) is 33.8 Å². The van der Waals surface area contributed by atoms with E-state index in [0.29, 0.717) is 12.0 Å². The third kappa shape index (κ3) is 2.65. The van der Waals surface area contributed by atoms with Crippen molar-refractivity contribution < 1.29 is 0 Å². The van der Waals surface area contributed by atoms with Gasteiger partial charge >= 0.3 is 0 Å². The number of hydrogen-bond donors (Lipinski definition) is 1. The predicted molar refractivity (Wildman–Crippen MR) is 71.3 cm³/mol. The van der Waals surface area contributed by atoms with E-state index in [1.807, 2.05) is 0 Å². The highest BCUT2D eigenvalue weighted by atomic mass is 79.9. The maximum atomic E-state index is 6.03. The fourth-order valence-electron chi connectivity index (χ4n) is 2.22. The van der Waals surface area contributed by atoms with Crippen molar-refractivity contribution in [3.8, 4) is 0 Å². The molecule has 2 N–H and O–H groups in total. The van der Waals surface area contributed by atoms with Crippen LogP contribution in [0.15, 0.2) is 22.7 Å². The van der Waals surface area contributed by atoms with Crippen LogP contribution in [0.1, 0.15) is 18.1 Å². The molecular weight excluding hydrogens is 264 g/mol. The molecule has 0 aliphatic carbocycles. The second kappa shape index (κ2) is 4.86. The van der Waals surface area contributed by atoms with E-state index in [1.54, 1.807) is 0 Å². The first-order valence-electron chi connectivity index (χ1n) is 5.79. The van der Waals surface area contributed by atoms with Gasteiger partial charge in [0.25, 0.3) is 0 Å². The summed E-state index contributed by atoms with van der Waals surface area (Å²) in [6.45, 7) is 7.49. The van der Waals surface area contributed by atoms with E-state index in [9.17, 15) is 0 Å². The standard InChI is InChI=1S/C13H19BrN2/c1-9-3-4-11(5-12(9)14)7-16-6-10(2)13(15)8-16/h3-5,10,13H,6-8,15H2,1-2H3. The Hall–Kier alpha value is -0.380. The quantitative estimate of drug-likeness (QED) is 0.903. The van der Waals surface area contributed by atoms with Crippen LogP contribution in [0, 0.1) is 12.8 Å². The molecular formula is C13H19BrN2. The Morgan fingerprint density at radius 1 is 1.44 bits per heavy atom. The molecule has 2 rings (SSSR count). The van der Waals surface area contributed by atoms with Gasteiger partial charge in [-0.25, -0.2) is 0 Å². The molecule has 3 heteroatoms. The van der Waals surface area contributed by atoms with Gasteiger partial charge in [-0.1, -0.05) is 35.0 Å². The minimum Gasteiger partial charge on any atom is -0.326 e. The van der Waals surface area contributed by atoms with Crippen molar-refractivity contribution in [2.75, 3.05) is 13.1 Å². The Balaban J connectivity index is 2.02. The minimum absolute atomic E-state index is 0.342. The van der Waals surface area contributed by atoms with Crippen LogP contribution < -0.4 is 5.73 Å². The molecule has 1 heterocycles. The normalized spacial score (nSPS) is 26.2. The Bertz CT molecular complexity index is 368. The zero-order valence-corrected chi connectivity index (χ0v) is 11.5. The fourth-order valence-corrected chi connectivity index (χ4v) is 2.64. The van der Waals surface area contributed by atoms with Gasteiger partial charge in [-0.15, -0.1) is 0 Å². The lowest BCUT2D eigenvalue weighted by molar-refractivity contribution is 0.319. The molecule has 1 fully saturated rings. The fraction of sp³-hybridized carbons (Fsp3) is 0.538. The average molecular weight is 283 g/mol. The van der Waals surface area contributed by atoms with Crippen molar-refractivity contribution >= 4 is 15.9 Å². The van der Waals surface area contributed by atoms with Crippen molar-refractivity contribution in [2.24, 2.45) is 11.7 Å². The Morgan fingerprint density at radius 3 is 2.75 bits per heavy atom. The molecule has 0 bridgehead atoms. The number of likely N-dealkylation sites (tertiary alicyclic amines) is 1. The highest BCUT2D eigenvalue weighted by Crippen LogP contribution is 2.21. The molecule has 2 nitrogen and oxygen atoms in total. The van der Waals surface area contributed by atoms with E-state index >= 15 is 0 Å². The lowest BCUT2D eigenvalue weighted by atomic mass is 10.1. The molecule has 1 aliphatic rings. The second-order valence-corrected chi connectivity index (χ2v) is 5.77. The van der Waals surface area contributed by atoms with Gasteiger partial charge in [-0.2, -0.15) is 0 Å². The largest absolute Gasteiger partial charge is 0.326 e. The molecule has 0 radical (unpaired) electrons. The molecule has 1 saturated heterocycles. The molecule has 1 aromatic carbocycles. The van der Waals surface area contributed by atoms with Crippen LogP contribution in [-0.4, -0.2) is 24.0 Å². The first-order valence-corrected chi connectivity index (χ1v) is 6.58.